The minimum atomic E-state index is -0.470. The Morgan fingerprint density at radius 2 is 2.06 bits per heavy atom. The summed E-state index contributed by atoms with van der Waals surface area (Å²) in [4.78, 5) is 27.8. The average Bonchev–Trinajstić information content (AvgIpc) is 2.27. The van der Waals surface area contributed by atoms with E-state index in [1.165, 1.54) is 0 Å². The second-order valence-corrected chi connectivity index (χ2v) is 3.67. The van der Waals surface area contributed by atoms with Gasteiger partial charge in [0.15, 0.2) is 0 Å². The SMILES string of the molecule is O=C1CN(CCc2cccnc2)CC(=O)O1. The van der Waals surface area contributed by atoms with Crippen molar-refractivity contribution in [3.05, 3.63) is 30.1 Å². The van der Waals surface area contributed by atoms with E-state index in [0.717, 1.165) is 12.0 Å². The van der Waals surface area contributed by atoms with E-state index in [-0.39, 0.29) is 13.1 Å². The van der Waals surface area contributed by atoms with Crippen LogP contribution in [-0.2, 0) is 20.7 Å². The molecule has 1 aliphatic rings. The largest absolute Gasteiger partial charge is 0.391 e. The fraction of sp³-hybridized carbons (Fsp3) is 0.364. The Balaban J connectivity index is 1.86. The van der Waals surface area contributed by atoms with Gasteiger partial charge in [0, 0.05) is 18.9 Å². The zero-order chi connectivity index (χ0) is 11.4. The summed E-state index contributed by atoms with van der Waals surface area (Å²) >= 11 is 0. The number of esters is 2. The molecule has 1 aromatic heterocycles. The first-order chi connectivity index (χ1) is 7.74. The molecule has 5 heteroatoms. The van der Waals surface area contributed by atoms with Gasteiger partial charge < -0.3 is 4.74 Å². The molecule has 0 saturated carbocycles. The fourth-order valence-corrected chi connectivity index (χ4v) is 1.60. The lowest BCUT2D eigenvalue weighted by atomic mass is 10.2. The number of hydrogen-bond acceptors (Lipinski definition) is 5. The molecular formula is C11H12N2O3. The highest BCUT2D eigenvalue weighted by atomic mass is 16.6. The van der Waals surface area contributed by atoms with Crippen LogP contribution >= 0.6 is 0 Å². The number of carbonyl (C=O) groups is 2. The van der Waals surface area contributed by atoms with Crippen molar-refractivity contribution in [3.63, 3.8) is 0 Å². The molecule has 0 unspecified atom stereocenters. The second-order valence-electron chi connectivity index (χ2n) is 3.67. The lowest BCUT2D eigenvalue weighted by molar-refractivity contribution is -0.166. The van der Waals surface area contributed by atoms with Crippen molar-refractivity contribution in [1.29, 1.82) is 0 Å². The summed E-state index contributed by atoms with van der Waals surface area (Å²) in [5, 5.41) is 0. The lowest BCUT2D eigenvalue weighted by Crippen LogP contribution is -2.43. The van der Waals surface area contributed by atoms with Gasteiger partial charge >= 0.3 is 11.9 Å². The number of ether oxygens (including phenoxy) is 1. The summed E-state index contributed by atoms with van der Waals surface area (Å²) in [6, 6.07) is 3.84. The van der Waals surface area contributed by atoms with E-state index in [2.05, 4.69) is 9.72 Å². The van der Waals surface area contributed by atoms with Crippen LogP contribution in [0, 0.1) is 0 Å². The van der Waals surface area contributed by atoms with Crippen LogP contribution in [-0.4, -0.2) is 41.5 Å². The predicted molar refractivity (Wildman–Crippen MR) is 55.5 cm³/mol. The molecule has 1 saturated heterocycles. The van der Waals surface area contributed by atoms with Gasteiger partial charge in [0.2, 0.25) is 0 Å². The maximum absolute atomic E-state index is 11.0. The van der Waals surface area contributed by atoms with Crippen LogP contribution in [0.4, 0.5) is 0 Å². The second kappa shape index (κ2) is 4.85. The zero-order valence-corrected chi connectivity index (χ0v) is 8.76. The maximum atomic E-state index is 11.0. The van der Waals surface area contributed by atoms with Crippen molar-refractivity contribution in [1.82, 2.24) is 9.88 Å². The molecule has 1 fully saturated rings. The van der Waals surface area contributed by atoms with Crippen LogP contribution in [0.1, 0.15) is 5.56 Å². The molecule has 0 amide bonds. The zero-order valence-electron chi connectivity index (χ0n) is 8.76. The van der Waals surface area contributed by atoms with Gasteiger partial charge in [-0.25, -0.2) is 0 Å². The van der Waals surface area contributed by atoms with Gasteiger partial charge in [0.05, 0.1) is 13.1 Å². The summed E-state index contributed by atoms with van der Waals surface area (Å²) in [6.45, 7) is 1.03. The van der Waals surface area contributed by atoms with E-state index in [9.17, 15) is 9.59 Å². The minimum absolute atomic E-state index is 0.187. The van der Waals surface area contributed by atoms with E-state index in [0.29, 0.717) is 6.54 Å². The topological polar surface area (TPSA) is 59.5 Å². The van der Waals surface area contributed by atoms with Crippen molar-refractivity contribution in [2.24, 2.45) is 0 Å². The molecule has 0 radical (unpaired) electrons. The molecular weight excluding hydrogens is 208 g/mol. The first kappa shape index (κ1) is 10.8. The first-order valence-corrected chi connectivity index (χ1v) is 5.09. The highest BCUT2D eigenvalue weighted by Crippen LogP contribution is 2.03. The number of rotatable bonds is 3. The standard InChI is InChI=1S/C11H12N2O3/c14-10-7-13(8-11(15)16-10)5-3-9-2-1-4-12-6-9/h1-2,4,6H,3,5,7-8H2. The number of hydrogen-bond donors (Lipinski definition) is 0. The normalized spacial score (nSPS) is 17.2. The van der Waals surface area contributed by atoms with Crippen LogP contribution in [0.2, 0.25) is 0 Å². The molecule has 0 atom stereocenters. The van der Waals surface area contributed by atoms with Crippen molar-refractivity contribution >= 4 is 11.9 Å². The number of aromatic nitrogens is 1. The molecule has 84 valence electrons. The molecule has 2 rings (SSSR count). The van der Waals surface area contributed by atoms with Gasteiger partial charge in [-0.2, -0.15) is 0 Å². The van der Waals surface area contributed by atoms with E-state index >= 15 is 0 Å². The molecule has 1 aliphatic heterocycles. The van der Waals surface area contributed by atoms with Crippen LogP contribution in [0.3, 0.4) is 0 Å². The number of morpholine rings is 1. The molecule has 1 aromatic rings. The summed E-state index contributed by atoms with van der Waals surface area (Å²) in [7, 11) is 0. The fourth-order valence-electron chi connectivity index (χ4n) is 1.60. The molecule has 5 nitrogen and oxygen atoms in total. The Labute approximate surface area is 93.0 Å². The van der Waals surface area contributed by atoms with Gasteiger partial charge in [0.1, 0.15) is 0 Å². The summed E-state index contributed by atoms with van der Waals surface area (Å²) in [5.74, 6) is -0.940. The number of cyclic esters (lactones) is 2. The molecule has 0 aromatic carbocycles. The van der Waals surface area contributed by atoms with Crippen molar-refractivity contribution < 1.29 is 14.3 Å². The Bertz CT molecular complexity index is 375. The maximum Gasteiger partial charge on any atom is 0.327 e. The Hall–Kier alpha value is -1.75. The van der Waals surface area contributed by atoms with Crippen molar-refractivity contribution in [2.45, 2.75) is 6.42 Å². The van der Waals surface area contributed by atoms with Crippen LogP contribution in [0.25, 0.3) is 0 Å². The average molecular weight is 220 g/mol. The van der Waals surface area contributed by atoms with Crippen LogP contribution < -0.4 is 0 Å². The van der Waals surface area contributed by atoms with Gasteiger partial charge in [-0.1, -0.05) is 6.07 Å². The quantitative estimate of drug-likeness (QED) is 0.530. The van der Waals surface area contributed by atoms with Gasteiger partial charge in [-0.05, 0) is 18.1 Å². The third-order valence-corrected chi connectivity index (χ3v) is 2.37. The highest BCUT2D eigenvalue weighted by molar-refractivity contribution is 5.90. The predicted octanol–water partition coefficient (Wildman–Crippen LogP) is 0.00950. The molecule has 16 heavy (non-hydrogen) atoms. The Kier molecular flexibility index (Phi) is 3.26. The summed E-state index contributed by atoms with van der Waals surface area (Å²) in [5.41, 5.74) is 1.09. The lowest BCUT2D eigenvalue weighted by Gasteiger charge is -2.23. The summed E-state index contributed by atoms with van der Waals surface area (Å²) in [6.07, 6.45) is 4.27. The minimum Gasteiger partial charge on any atom is -0.391 e. The third-order valence-electron chi connectivity index (χ3n) is 2.37. The van der Waals surface area contributed by atoms with E-state index in [1.54, 1.807) is 17.3 Å². The third kappa shape index (κ3) is 2.87. The van der Waals surface area contributed by atoms with Crippen LogP contribution in [0.5, 0.6) is 0 Å². The van der Waals surface area contributed by atoms with Crippen molar-refractivity contribution in [3.8, 4) is 0 Å². The monoisotopic (exact) mass is 220 g/mol. The number of nitrogens with zero attached hydrogens (tertiary/aromatic N) is 2. The first-order valence-electron chi connectivity index (χ1n) is 5.09. The van der Waals surface area contributed by atoms with Crippen molar-refractivity contribution in [2.75, 3.05) is 19.6 Å². The van der Waals surface area contributed by atoms with E-state index in [1.807, 2.05) is 12.1 Å². The number of carbonyl (C=O) groups excluding carboxylic acids is 2. The van der Waals surface area contributed by atoms with Gasteiger partial charge in [-0.3, -0.25) is 19.5 Å². The molecule has 0 N–H and O–H groups in total. The van der Waals surface area contributed by atoms with E-state index < -0.39 is 11.9 Å². The molecule has 2 heterocycles. The van der Waals surface area contributed by atoms with Gasteiger partial charge in [-0.15, -0.1) is 0 Å². The van der Waals surface area contributed by atoms with Gasteiger partial charge in [0.25, 0.3) is 0 Å². The van der Waals surface area contributed by atoms with Crippen LogP contribution in [0.15, 0.2) is 24.5 Å². The molecule has 0 bridgehead atoms. The smallest absolute Gasteiger partial charge is 0.327 e. The Morgan fingerprint density at radius 3 is 2.69 bits per heavy atom. The summed E-state index contributed by atoms with van der Waals surface area (Å²) < 4.78 is 4.44. The Morgan fingerprint density at radius 1 is 1.31 bits per heavy atom. The highest BCUT2D eigenvalue weighted by Gasteiger charge is 2.24. The van der Waals surface area contributed by atoms with E-state index in [4.69, 9.17) is 0 Å². The number of pyridine rings is 1. The molecule has 0 aliphatic carbocycles. The molecule has 0 spiro atoms.